The smallest absolute Gasteiger partial charge is 0.120 e. The second-order valence-electron chi connectivity index (χ2n) is 4.86. The Balaban J connectivity index is 1.83. The molecule has 0 radical (unpaired) electrons. The molecule has 0 amide bonds. The highest BCUT2D eigenvalue weighted by Crippen LogP contribution is 2.30. The van der Waals surface area contributed by atoms with Crippen molar-refractivity contribution in [2.24, 2.45) is 5.73 Å². The van der Waals surface area contributed by atoms with Crippen LogP contribution in [-0.2, 0) is 6.42 Å². The van der Waals surface area contributed by atoms with E-state index in [2.05, 4.69) is 4.98 Å². The summed E-state index contributed by atoms with van der Waals surface area (Å²) in [7, 11) is 1.65. The third kappa shape index (κ3) is 2.99. The van der Waals surface area contributed by atoms with Gasteiger partial charge in [-0.15, -0.1) is 11.3 Å². The molecule has 0 aliphatic carbocycles. The van der Waals surface area contributed by atoms with E-state index in [1.807, 2.05) is 30.3 Å². The van der Waals surface area contributed by atoms with Crippen molar-refractivity contribution in [1.82, 2.24) is 4.98 Å². The van der Waals surface area contributed by atoms with Crippen LogP contribution in [0.25, 0.3) is 10.2 Å². The molecule has 3 N–H and O–H groups in total. The molecule has 3 rings (SSSR count). The number of rotatable bonds is 4. The predicted molar refractivity (Wildman–Crippen MR) is 84.9 cm³/mol. The van der Waals surface area contributed by atoms with Crippen LogP contribution in [0.1, 0.15) is 16.6 Å². The Labute approximate surface area is 126 Å². The van der Waals surface area contributed by atoms with Crippen molar-refractivity contribution in [3.63, 3.8) is 0 Å². The maximum atomic E-state index is 9.30. The largest absolute Gasteiger partial charge is 0.508 e. The fourth-order valence-corrected chi connectivity index (χ4v) is 3.18. The molecule has 0 saturated carbocycles. The lowest BCUT2D eigenvalue weighted by atomic mass is 10.1. The van der Waals surface area contributed by atoms with Crippen molar-refractivity contribution < 1.29 is 9.84 Å². The Morgan fingerprint density at radius 2 is 2.00 bits per heavy atom. The molecule has 0 aliphatic heterocycles. The summed E-state index contributed by atoms with van der Waals surface area (Å²) in [6, 6.07) is 12.8. The van der Waals surface area contributed by atoms with Gasteiger partial charge in [-0.05, 0) is 42.3 Å². The molecule has 0 saturated heterocycles. The Morgan fingerprint density at radius 3 is 2.71 bits per heavy atom. The zero-order chi connectivity index (χ0) is 14.8. The van der Waals surface area contributed by atoms with Crippen molar-refractivity contribution in [1.29, 1.82) is 0 Å². The summed E-state index contributed by atoms with van der Waals surface area (Å²) in [5.74, 6) is 1.09. The first kappa shape index (κ1) is 13.9. The first-order valence-electron chi connectivity index (χ1n) is 6.63. The van der Waals surface area contributed by atoms with E-state index in [0.717, 1.165) is 26.5 Å². The summed E-state index contributed by atoms with van der Waals surface area (Å²) in [5.41, 5.74) is 8.28. The van der Waals surface area contributed by atoms with Gasteiger partial charge in [0.25, 0.3) is 0 Å². The average Bonchev–Trinajstić information content (AvgIpc) is 2.92. The lowest BCUT2D eigenvalue weighted by Crippen LogP contribution is -2.12. The van der Waals surface area contributed by atoms with E-state index in [9.17, 15) is 5.11 Å². The quantitative estimate of drug-likeness (QED) is 0.776. The van der Waals surface area contributed by atoms with Gasteiger partial charge >= 0.3 is 0 Å². The van der Waals surface area contributed by atoms with E-state index >= 15 is 0 Å². The first-order chi connectivity index (χ1) is 10.2. The minimum atomic E-state index is -0.155. The van der Waals surface area contributed by atoms with E-state index in [-0.39, 0.29) is 11.8 Å². The van der Waals surface area contributed by atoms with Crippen LogP contribution in [0, 0.1) is 0 Å². The molecule has 5 heteroatoms. The lowest BCUT2D eigenvalue weighted by molar-refractivity contribution is 0.415. The van der Waals surface area contributed by atoms with Crippen LogP contribution < -0.4 is 10.5 Å². The summed E-state index contributed by atoms with van der Waals surface area (Å²) in [5, 5.41) is 10.2. The van der Waals surface area contributed by atoms with Gasteiger partial charge in [0.2, 0.25) is 0 Å². The zero-order valence-electron chi connectivity index (χ0n) is 11.6. The molecule has 1 unspecified atom stereocenters. The minimum absolute atomic E-state index is 0.155. The van der Waals surface area contributed by atoms with Crippen molar-refractivity contribution in [2.45, 2.75) is 12.5 Å². The molecule has 0 spiro atoms. The Hall–Kier alpha value is -2.11. The third-order valence-electron chi connectivity index (χ3n) is 3.32. The van der Waals surface area contributed by atoms with Crippen LogP contribution in [0.2, 0.25) is 0 Å². The fourth-order valence-electron chi connectivity index (χ4n) is 2.18. The second-order valence-corrected chi connectivity index (χ2v) is 5.93. The van der Waals surface area contributed by atoms with Crippen LogP contribution >= 0.6 is 11.3 Å². The van der Waals surface area contributed by atoms with Gasteiger partial charge in [-0.25, -0.2) is 4.98 Å². The molecular formula is C16H16N2O2S. The molecule has 1 aromatic heterocycles. The Bertz CT molecular complexity index is 753. The maximum absolute atomic E-state index is 9.30. The highest BCUT2D eigenvalue weighted by molar-refractivity contribution is 7.18. The molecule has 108 valence electrons. The lowest BCUT2D eigenvalue weighted by Gasteiger charge is -2.08. The number of aromatic nitrogens is 1. The molecule has 1 atom stereocenters. The number of aromatic hydroxyl groups is 1. The number of hydrogen-bond donors (Lipinski definition) is 2. The van der Waals surface area contributed by atoms with Crippen LogP contribution in [0.3, 0.4) is 0 Å². The van der Waals surface area contributed by atoms with E-state index < -0.39 is 0 Å². The number of fused-ring (bicyclic) bond motifs is 1. The molecule has 4 nitrogen and oxygen atoms in total. The second kappa shape index (κ2) is 5.71. The Kier molecular flexibility index (Phi) is 3.77. The van der Waals surface area contributed by atoms with Crippen LogP contribution in [-0.4, -0.2) is 17.2 Å². The Morgan fingerprint density at radius 1 is 1.24 bits per heavy atom. The predicted octanol–water partition coefficient (Wildman–Crippen LogP) is 3.25. The molecule has 0 bridgehead atoms. The van der Waals surface area contributed by atoms with Gasteiger partial charge in [-0.2, -0.15) is 0 Å². The number of nitrogens with zero attached hydrogens (tertiary/aromatic N) is 1. The molecule has 0 aliphatic rings. The third-order valence-corrected chi connectivity index (χ3v) is 4.47. The average molecular weight is 300 g/mol. The van der Waals surface area contributed by atoms with Crippen LogP contribution in [0.4, 0.5) is 0 Å². The van der Waals surface area contributed by atoms with Gasteiger partial charge in [0, 0.05) is 0 Å². The van der Waals surface area contributed by atoms with Crippen LogP contribution in [0.5, 0.6) is 11.5 Å². The number of phenols is 1. The zero-order valence-corrected chi connectivity index (χ0v) is 12.4. The summed E-state index contributed by atoms with van der Waals surface area (Å²) < 4.78 is 6.30. The topological polar surface area (TPSA) is 68.4 Å². The standard InChI is InChI=1S/C16H16N2O2S/c1-20-12-6-7-14-15(9-12)21-16(18-14)13(17)8-10-2-4-11(19)5-3-10/h2-7,9,13,19H,8,17H2,1H3. The SMILES string of the molecule is COc1ccc2nc(C(N)Cc3ccc(O)cc3)sc2c1. The van der Waals surface area contributed by atoms with E-state index in [0.29, 0.717) is 6.42 Å². The number of hydrogen-bond acceptors (Lipinski definition) is 5. The number of nitrogens with two attached hydrogens (primary N) is 1. The van der Waals surface area contributed by atoms with Gasteiger partial charge in [-0.3, -0.25) is 0 Å². The molecule has 1 heterocycles. The van der Waals surface area contributed by atoms with Gasteiger partial charge in [0.05, 0.1) is 23.4 Å². The molecular weight excluding hydrogens is 284 g/mol. The number of benzene rings is 2. The highest BCUT2D eigenvalue weighted by Gasteiger charge is 2.13. The van der Waals surface area contributed by atoms with Crippen LogP contribution in [0.15, 0.2) is 42.5 Å². The van der Waals surface area contributed by atoms with Gasteiger partial charge < -0.3 is 15.6 Å². The maximum Gasteiger partial charge on any atom is 0.120 e. The number of ether oxygens (including phenoxy) is 1. The molecule has 3 aromatic rings. The van der Waals surface area contributed by atoms with E-state index in [1.165, 1.54) is 0 Å². The summed E-state index contributed by atoms with van der Waals surface area (Å²) in [6.45, 7) is 0. The number of phenolic OH excluding ortho intramolecular Hbond substituents is 1. The van der Waals surface area contributed by atoms with Crippen molar-refractivity contribution in [3.8, 4) is 11.5 Å². The van der Waals surface area contributed by atoms with Gasteiger partial charge in [0.15, 0.2) is 0 Å². The normalized spacial score (nSPS) is 12.5. The van der Waals surface area contributed by atoms with Crippen molar-refractivity contribution >= 4 is 21.6 Å². The molecule has 0 fully saturated rings. The first-order valence-corrected chi connectivity index (χ1v) is 7.45. The van der Waals surface area contributed by atoms with Crippen molar-refractivity contribution in [3.05, 3.63) is 53.0 Å². The number of methoxy groups -OCH3 is 1. The van der Waals surface area contributed by atoms with Gasteiger partial charge in [-0.1, -0.05) is 12.1 Å². The van der Waals surface area contributed by atoms with E-state index in [1.54, 1.807) is 30.6 Å². The monoisotopic (exact) mass is 300 g/mol. The minimum Gasteiger partial charge on any atom is -0.508 e. The fraction of sp³-hybridized carbons (Fsp3) is 0.188. The molecule has 2 aromatic carbocycles. The van der Waals surface area contributed by atoms with Crippen molar-refractivity contribution in [2.75, 3.05) is 7.11 Å². The summed E-state index contributed by atoms with van der Waals surface area (Å²) >= 11 is 1.59. The summed E-state index contributed by atoms with van der Waals surface area (Å²) in [4.78, 5) is 4.59. The summed E-state index contributed by atoms with van der Waals surface area (Å²) in [6.07, 6.45) is 0.692. The van der Waals surface area contributed by atoms with Gasteiger partial charge in [0.1, 0.15) is 16.5 Å². The van der Waals surface area contributed by atoms with E-state index in [4.69, 9.17) is 10.5 Å². The highest BCUT2D eigenvalue weighted by atomic mass is 32.1. The number of thiazole rings is 1. The molecule has 21 heavy (non-hydrogen) atoms.